The van der Waals surface area contributed by atoms with Crippen LogP contribution in [-0.2, 0) is 14.3 Å². The van der Waals surface area contributed by atoms with Crippen molar-refractivity contribution in [2.75, 3.05) is 69.5 Å². The summed E-state index contributed by atoms with van der Waals surface area (Å²) in [6, 6.07) is 22.3. The molecule has 3 aromatic rings. The average Bonchev–Trinajstić information content (AvgIpc) is 3.31. The molecule has 40 heavy (non-hydrogen) atoms. The number of methoxy groups -OCH3 is 1. The number of carbonyl (C=O) groups excluding carboxylic acids is 3. The summed E-state index contributed by atoms with van der Waals surface area (Å²) in [5.41, 5.74) is 4.39. The number of hydrogen-bond donors (Lipinski definition) is 2. The predicted molar refractivity (Wildman–Crippen MR) is 156 cm³/mol. The molecule has 9 heteroatoms. The molecule has 0 spiro atoms. The molecule has 0 radical (unpaired) electrons. The third-order valence-corrected chi connectivity index (χ3v) is 7.75. The van der Waals surface area contributed by atoms with Crippen molar-refractivity contribution < 1.29 is 19.1 Å². The number of piperazine rings is 1. The molecule has 2 aliphatic rings. The smallest absolute Gasteiger partial charge is 0.337 e. The SMILES string of the molecule is COC(=O)c1ccc2c(c1)NC(=O)C2C(Nc1ccc(N(C)C(=O)CN2CCN(C)CC2)cc1)c1ccccc1. The summed E-state index contributed by atoms with van der Waals surface area (Å²) in [6.07, 6.45) is 0. The summed E-state index contributed by atoms with van der Waals surface area (Å²) in [6.45, 7) is 4.11. The van der Waals surface area contributed by atoms with E-state index >= 15 is 0 Å². The monoisotopic (exact) mass is 541 g/mol. The van der Waals surface area contributed by atoms with Crippen molar-refractivity contribution in [3.05, 3.63) is 89.5 Å². The van der Waals surface area contributed by atoms with Crippen LogP contribution in [0.25, 0.3) is 0 Å². The molecule has 2 heterocycles. The van der Waals surface area contributed by atoms with E-state index in [2.05, 4.69) is 27.5 Å². The standard InChI is InChI=1S/C31H35N5O4/c1-34-15-17-36(18-16-34)20-27(37)35(2)24-12-10-23(11-13-24)32-29(21-7-5-4-6-8-21)28-25-14-9-22(31(39)40-3)19-26(25)33-30(28)38/h4-14,19,28-29,32H,15-18,20H2,1-3H3,(H,33,38). The van der Waals surface area contributed by atoms with Gasteiger partial charge in [-0.2, -0.15) is 0 Å². The average molecular weight is 542 g/mol. The fraction of sp³-hybridized carbons (Fsp3) is 0.323. The number of hydrogen-bond acceptors (Lipinski definition) is 7. The second-order valence-corrected chi connectivity index (χ2v) is 10.4. The van der Waals surface area contributed by atoms with Gasteiger partial charge in [0.15, 0.2) is 0 Å². The van der Waals surface area contributed by atoms with Crippen molar-refractivity contribution in [3.63, 3.8) is 0 Å². The normalized spacial score (nSPS) is 18.0. The second-order valence-electron chi connectivity index (χ2n) is 10.4. The number of ether oxygens (including phenoxy) is 1. The fourth-order valence-corrected chi connectivity index (χ4v) is 5.29. The number of likely N-dealkylation sites (N-methyl/N-ethyl adjacent to an activating group) is 2. The Balaban J connectivity index is 1.34. The first kappa shape index (κ1) is 27.4. The molecule has 2 aliphatic heterocycles. The van der Waals surface area contributed by atoms with Crippen LogP contribution >= 0.6 is 0 Å². The van der Waals surface area contributed by atoms with Gasteiger partial charge < -0.3 is 25.2 Å². The third-order valence-electron chi connectivity index (χ3n) is 7.75. The van der Waals surface area contributed by atoms with Gasteiger partial charge in [-0.3, -0.25) is 14.5 Å². The first-order chi connectivity index (χ1) is 19.3. The van der Waals surface area contributed by atoms with Crippen molar-refractivity contribution in [2.24, 2.45) is 0 Å². The van der Waals surface area contributed by atoms with Crippen LogP contribution in [0.2, 0.25) is 0 Å². The number of carbonyl (C=O) groups is 3. The number of nitrogens with one attached hydrogen (secondary N) is 2. The van der Waals surface area contributed by atoms with Gasteiger partial charge in [-0.1, -0.05) is 36.4 Å². The van der Waals surface area contributed by atoms with Crippen LogP contribution in [0, 0.1) is 0 Å². The molecule has 3 aromatic carbocycles. The molecule has 1 saturated heterocycles. The zero-order valence-electron chi connectivity index (χ0n) is 23.1. The summed E-state index contributed by atoms with van der Waals surface area (Å²) >= 11 is 0. The highest BCUT2D eigenvalue weighted by Gasteiger charge is 2.38. The molecular weight excluding hydrogens is 506 g/mol. The van der Waals surface area contributed by atoms with E-state index in [4.69, 9.17) is 4.74 Å². The van der Waals surface area contributed by atoms with Gasteiger partial charge in [-0.15, -0.1) is 0 Å². The summed E-state index contributed by atoms with van der Waals surface area (Å²) in [4.78, 5) is 44.4. The maximum atomic E-state index is 13.3. The van der Waals surface area contributed by atoms with Gasteiger partial charge in [-0.25, -0.2) is 4.79 Å². The lowest BCUT2D eigenvalue weighted by atomic mass is 9.87. The van der Waals surface area contributed by atoms with Crippen LogP contribution < -0.4 is 15.5 Å². The van der Waals surface area contributed by atoms with Crippen molar-refractivity contribution in [1.82, 2.24) is 9.80 Å². The Bertz CT molecular complexity index is 1370. The number of anilines is 3. The van der Waals surface area contributed by atoms with Crippen LogP contribution in [0.3, 0.4) is 0 Å². The molecule has 2 unspecified atom stereocenters. The molecule has 2 N–H and O–H groups in total. The van der Waals surface area contributed by atoms with Gasteiger partial charge in [0, 0.05) is 50.3 Å². The molecule has 0 bridgehead atoms. The van der Waals surface area contributed by atoms with E-state index in [1.165, 1.54) is 7.11 Å². The van der Waals surface area contributed by atoms with E-state index < -0.39 is 11.9 Å². The fourth-order valence-electron chi connectivity index (χ4n) is 5.29. The third kappa shape index (κ3) is 5.85. The maximum Gasteiger partial charge on any atom is 0.337 e. The Kier molecular flexibility index (Phi) is 8.14. The molecule has 1 fully saturated rings. The minimum Gasteiger partial charge on any atom is -0.465 e. The molecule has 0 saturated carbocycles. The van der Waals surface area contributed by atoms with Crippen LogP contribution in [0.5, 0.6) is 0 Å². The molecule has 5 rings (SSSR count). The first-order valence-electron chi connectivity index (χ1n) is 13.5. The number of esters is 1. The van der Waals surface area contributed by atoms with E-state index in [0.717, 1.165) is 48.7 Å². The Labute approximate surface area is 234 Å². The lowest BCUT2D eigenvalue weighted by Crippen LogP contribution is -2.48. The van der Waals surface area contributed by atoms with Crippen LogP contribution in [0.1, 0.15) is 33.4 Å². The minimum atomic E-state index is -0.517. The summed E-state index contributed by atoms with van der Waals surface area (Å²) in [5.74, 6) is -1.07. The molecule has 208 valence electrons. The molecule has 2 amide bonds. The van der Waals surface area contributed by atoms with Gasteiger partial charge in [0.25, 0.3) is 0 Å². The summed E-state index contributed by atoms with van der Waals surface area (Å²) in [5, 5.41) is 6.49. The number of nitrogens with zero attached hydrogens (tertiary/aromatic N) is 3. The van der Waals surface area contributed by atoms with Gasteiger partial charge in [0.1, 0.15) is 0 Å². The van der Waals surface area contributed by atoms with Gasteiger partial charge in [-0.05, 0) is 54.6 Å². The van der Waals surface area contributed by atoms with Crippen LogP contribution in [0.4, 0.5) is 17.1 Å². The van der Waals surface area contributed by atoms with E-state index in [-0.39, 0.29) is 17.9 Å². The second kappa shape index (κ2) is 11.9. The first-order valence-corrected chi connectivity index (χ1v) is 13.5. The molecular formula is C31H35N5O4. The number of benzene rings is 3. The zero-order chi connectivity index (χ0) is 28.2. The van der Waals surface area contributed by atoms with E-state index in [0.29, 0.717) is 17.8 Å². The highest BCUT2D eigenvalue weighted by molar-refractivity contribution is 6.05. The molecule has 0 aliphatic carbocycles. The van der Waals surface area contributed by atoms with E-state index in [1.54, 1.807) is 24.1 Å². The predicted octanol–water partition coefficient (Wildman–Crippen LogP) is 3.57. The Morgan fingerprint density at radius 3 is 2.40 bits per heavy atom. The molecule has 0 aromatic heterocycles. The largest absolute Gasteiger partial charge is 0.465 e. The Morgan fingerprint density at radius 1 is 1.02 bits per heavy atom. The topological polar surface area (TPSA) is 94.2 Å². The number of rotatable bonds is 8. The number of amides is 2. The summed E-state index contributed by atoms with van der Waals surface area (Å²) < 4.78 is 4.84. The van der Waals surface area contributed by atoms with Gasteiger partial charge in [0.2, 0.25) is 11.8 Å². The van der Waals surface area contributed by atoms with Gasteiger partial charge >= 0.3 is 5.97 Å². The zero-order valence-corrected chi connectivity index (χ0v) is 23.1. The van der Waals surface area contributed by atoms with Crippen LogP contribution in [0.15, 0.2) is 72.8 Å². The van der Waals surface area contributed by atoms with Crippen molar-refractivity contribution in [3.8, 4) is 0 Å². The lowest BCUT2D eigenvalue weighted by molar-refractivity contribution is -0.120. The quantitative estimate of drug-likeness (QED) is 0.421. The maximum absolute atomic E-state index is 13.3. The summed E-state index contributed by atoms with van der Waals surface area (Å²) in [7, 11) is 5.23. The number of fused-ring (bicyclic) bond motifs is 1. The minimum absolute atomic E-state index is 0.0537. The Morgan fingerprint density at radius 2 is 1.73 bits per heavy atom. The highest BCUT2D eigenvalue weighted by Crippen LogP contribution is 2.42. The highest BCUT2D eigenvalue weighted by atomic mass is 16.5. The van der Waals surface area contributed by atoms with Crippen molar-refractivity contribution in [2.45, 2.75) is 12.0 Å². The van der Waals surface area contributed by atoms with Crippen LogP contribution in [-0.4, -0.2) is 81.5 Å². The van der Waals surface area contributed by atoms with Gasteiger partial charge in [0.05, 0.1) is 31.2 Å². The van der Waals surface area contributed by atoms with Crippen molar-refractivity contribution in [1.29, 1.82) is 0 Å². The molecule has 9 nitrogen and oxygen atoms in total. The van der Waals surface area contributed by atoms with Crippen molar-refractivity contribution >= 4 is 34.8 Å². The Hall–Kier alpha value is -4.21. The van der Waals surface area contributed by atoms with E-state index in [1.807, 2.05) is 60.7 Å². The van der Waals surface area contributed by atoms with E-state index in [9.17, 15) is 14.4 Å². The lowest BCUT2D eigenvalue weighted by Gasteiger charge is -2.32. The molecule has 2 atom stereocenters.